The van der Waals surface area contributed by atoms with Gasteiger partial charge in [-0.3, -0.25) is 14.4 Å². The Morgan fingerprint density at radius 3 is 2.10 bits per heavy atom. The van der Waals surface area contributed by atoms with Gasteiger partial charge in [-0.2, -0.15) is 5.26 Å². The summed E-state index contributed by atoms with van der Waals surface area (Å²) in [5, 5.41) is 9.59. The fraction of sp³-hybridized carbons (Fsp3) is 0.217. The van der Waals surface area contributed by atoms with Crippen LogP contribution < -0.4 is 9.80 Å². The van der Waals surface area contributed by atoms with Crippen LogP contribution in [0.1, 0.15) is 23.2 Å². The van der Waals surface area contributed by atoms with Crippen LogP contribution in [0.3, 0.4) is 0 Å². The lowest BCUT2D eigenvalue weighted by Gasteiger charge is -2.19. The zero-order valence-electron chi connectivity index (χ0n) is 17.1. The molecule has 2 aromatic rings. The normalized spacial score (nSPS) is 12.3. The molecule has 0 aromatic heterocycles. The lowest BCUT2D eigenvalue weighted by molar-refractivity contribution is -0.147. The van der Waals surface area contributed by atoms with Gasteiger partial charge in [-0.1, -0.05) is 40.2 Å². The zero-order chi connectivity index (χ0) is 22.5. The number of Topliss-reactive ketones (excluding diaryl/α,β-unsaturated/α-hetero) is 2. The van der Waals surface area contributed by atoms with Gasteiger partial charge in [0.15, 0.2) is 12.4 Å². The molecule has 0 aliphatic carbocycles. The monoisotopic (exact) mass is 481 g/mol. The summed E-state index contributed by atoms with van der Waals surface area (Å²) in [5.74, 6) is -1.04. The Labute approximate surface area is 188 Å². The fourth-order valence-electron chi connectivity index (χ4n) is 3.34. The molecule has 0 amide bonds. The summed E-state index contributed by atoms with van der Waals surface area (Å²) in [7, 11) is 3.53. The molecule has 0 unspecified atom stereocenters. The molecule has 0 saturated carbocycles. The number of para-hydroxylation sites is 2. The Kier molecular flexibility index (Phi) is 6.88. The van der Waals surface area contributed by atoms with Crippen LogP contribution in [0.2, 0.25) is 0 Å². The Morgan fingerprint density at radius 2 is 1.55 bits per heavy atom. The van der Waals surface area contributed by atoms with Gasteiger partial charge in [0.1, 0.15) is 17.5 Å². The minimum Gasteiger partial charge on any atom is -0.457 e. The molecule has 1 heterocycles. The van der Waals surface area contributed by atoms with Crippen molar-refractivity contribution in [3.8, 4) is 6.07 Å². The number of carbonyl (C=O) groups excluding carboxylic acids is 3. The number of ketones is 2. The van der Waals surface area contributed by atoms with Gasteiger partial charge in [0.25, 0.3) is 0 Å². The third-order valence-electron chi connectivity index (χ3n) is 4.94. The van der Waals surface area contributed by atoms with E-state index in [-0.39, 0.29) is 24.2 Å². The van der Waals surface area contributed by atoms with E-state index in [0.29, 0.717) is 11.4 Å². The van der Waals surface area contributed by atoms with Gasteiger partial charge >= 0.3 is 5.97 Å². The van der Waals surface area contributed by atoms with Gasteiger partial charge in [-0.15, -0.1) is 0 Å². The van der Waals surface area contributed by atoms with E-state index in [2.05, 4.69) is 15.9 Å². The van der Waals surface area contributed by atoms with E-state index in [0.717, 1.165) is 15.8 Å². The molecule has 0 radical (unpaired) electrons. The molecule has 31 heavy (non-hydrogen) atoms. The maximum Gasteiger partial charge on any atom is 0.306 e. The first-order valence-electron chi connectivity index (χ1n) is 9.52. The van der Waals surface area contributed by atoms with E-state index in [9.17, 15) is 19.6 Å². The molecule has 1 aliphatic heterocycles. The minimum atomic E-state index is -0.669. The Bertz CT molecular complexity index is 1070. The number of hydrogen-bond donors (Lipinski definition) is 0. The largest absolute Gasteiger partial charge is 0.457 e. The van der Waals surface area contributed by atoms with Gasteiger partial charge in [-0.25, -0.2) is 0 Å². The van der Waals surface area contributed by atoms with Gasteiger partial charge < -0.3 is 14.5 Å². The number of nitriles is 1. The smallest absolute Gasteiger partial charge is 0.306 e. The molecule has 0 atom stereocenters. The molecule has 7 nitrogen and oxygen atoms in total. The number of esters is 1. The quantitative estimate of drug-likeness (QED) is 0.256. The summed E-state index contributed by atoms with van der Waals surface area (Å²) in [6, 6.07) is 16.3. The summed E-state index contributed by atoms with van der Waals surface area (Å²) in [4.78, 5) is 40.3. The standard InChI is InChI=1S/C23H20BrN3O4/c1-26-18-5-3-4-6-19(18)27(2)23(26)17(13-25)21(29)14-31-22(30)12-11-20(28)15-7-9-16(24)10-8-15/h3-10H,11-12,14H2,1-2H3. The third kappa shape index (κ3) is 4.84. The van der Waals surface area contributed by atoms with Crippen LogP contribution in [0.4, 0.5) is 11.4 Å². The molecule has 0 spiro atoms. The first-order chi connectivity index (χ1) is 14.8. The highest BCUT2D eigenvalue weighted by molar-refractivity contribution is 9.10. The highest BCUT2D eigenvalue weighted by atomic mass is 79.9. The van der Waals surface area contributed by atoms with Gasteiger partial charge in [0.05, 0.1) is 17.8 Å². The van der Waals surface area contributed by atoms with Crippen LogP contribution in [0.5, 0.6) is 0 Å². The Hall–Kier alpha value is -3.44. The predicted octanol–water partition coefficient (Wildman–Crippen LogP) is 3.85. The van der Waals surface area contributed by atoms with Crippen molar-refractivity contribution >= 4 is 44.8 Å². The molecular formula is C23H20BrN3O4. The average molecular weight is 482 g/mol. The first kappa shape index (κ1) is 22.2. The van der Waals surface area contributed by atoms with Crippen LogP contribution >= 0.6 is 15.9 Å². The SMILES string of the molecule is CN1C(=C(C#N)C(=O)COC(=O)CCC(=O)c2ccc(Br)cc2)N(C)c2ccccc21. The van der Waals surface area contributed by atoms with Gasteiger partial charge in [0, 0.05) is 30.6 Å². The van der Waals surface area contributed by atoms with E-state index in [1.807, 2.05) is 30.3 Å². The van der Waals surface area contributed by atoms with Crippen molar-refractivity contribution in [1.29, 1.82) is 5.26 Å². The third-order valence-corrected chi connectivity index (χ3v) is 5.47. The molecule has 0 fully saturated rings. The Balaban J connectivity index is 1.60. The lowest BCUT2D eigenvalue weighted by Crippen LogP contribution is -2.27. The fourth-order valence-corrected chi connectivity index (χ4v) is 3.61. The van der Waals surface area contributed by atoms with E-state index < -0.39 is 18.4 Å². The highest BCUT2D eigenvalue weighted by Gasteiger charge is 2.31. The number of benzene rings is 2. The number of anilines is 2. The summed E-state index contributed by atoms with van der Waals surface area (Å²) in [6.07, 6.45) is -0.173. The second-order valence-corrected chi connectivity index (χ2v) is 7.85. The predicted molar refractivity (Wildman–Crippen MR) is 120 cm³/mol. The number of carbonyl (C=O) groups is 3. The molecule has 0 N–H and O–H groups in total. The maximum absolute atomic E-state index is 12.6. The van der Waals surface area contributed by atoms with Crippen LogP contribution in [0, 0.1) is 11.3 Å². The molecule has 1 aliphatic rings. The first-order valence-corrected chi connectivity index (χ1v) is 10.3. The topological polar surface area (TPSA) is 90.7 Å². The molecule has 2 aromatic carbocycles. The van der Waals surface area contributed by atoms with E-state index in [4.69, 9.17) is 4.74 Å². The van der Waals surface area contributed by atoms with Crippen LogP contribution in [-0.2, 0) is 14.3 Å². The zero-order valence-corrected chi connectivity index (χ0v) is 18.7. The van der Waals surface area contributed by atoms with Crippen molar-refractivity contribution < 1.29 is 19.1 Å². The number of hydrogen-bond acceptors (Lipinski definition) is 7. The summed E-state index contributed by atoms with van der Waals surface area (Å²) in [5.41, 5.74) is 2.13. The Morgan fingerprint density at radius 1 is 0.968 bits per heavy atom. The van der Waals surface area contributed by atoms with Crippen molar-refractivity contribution in [3.63, 3.8) is 0 Å². The molecule has 0 bridgehead atoms. The van der Waals surface area contributed by atoms with Gasteiger partial charge in [-0.05, 0) is 24.3 Å². The summed E-state index contributed by atoms with van der Waals surface area (Å²) in [6.45, 7) is -0.560. The van der Waals surface area contributed by atoms with E-state index in [1.165, 1.54) is 0 Å². The molecule has 8 heteroatoms. The summed E-state index contributed by atoms with van der Waals surface area (Å²) < 4.78 is 5.88. The second-order valence-electron chi connectivity index (χ2n) is 6.93. The molecule has 158 valence electrons. The van der Waals surface area contributed by atoms with Crippen LogP contribution in [0.15, 0.2) is 64.4 Å². The second kappa shape index (κ2) is 9.58. The number of fused-ring (bicyclic) bond motifs is 1. The lowest BCUT2D eigenvalue weighted by atomic mass is 10.1. The van der Waals surface area contributed by atoms with E-state index in [1.54, 1.807) is 48.2 Å². The molecule has 0 saturated heterocycles. The number of ether oxygens (including phenoxy) is 1. The maximum atomic E-state index is 12.6. The van der Waals surface area contributed by atoms with Crippen molar-refractivity contribution in [2.75, 3.05) is 30.5 Å². The number of rotatable bonds is 7. The van der Waals surface area contributed by atoms with Crippen molar-refractivity contribution in [2.45, 2.75) is 12.8 Å². The molecular weight excluding hydrogens is 462 g/mol. The van der Waals surface area contributed by atoms with E-state index >= 15 is 0 Å². The average Bonchev–Trinajstić information content (AvgIpc) is 3.02. The van der Waals surface area contributed by atoms with Crippen LogP contribution in [-0.4, -0.2) is 38.2 Å². The van der Waals surface area contributed by atoms with Crippen molar-refractivity contribution in [3.05, 3.63) is 70.0 Å². The number of halogens is 1. The highest BCUT2D eigenvalue weighted by Crippen LogP contribution is 2.40. The number of nitrogens with zero attached hydrogens (tertiary/aromatic N) is 3. The van der Waals surface area contributed by atoms with Crippen molar-refractivity contribution in [1.82, 2.24) is 0 Å². The minimum absolute atomic E-state index is 0.0262. The summed E-state index contributed by atoms with van der Waals surface area (Å²) >= 11 is 3.30. The van der Waals surface area contributed by atoms with Crippen molar-refractivity contribution in [2.24, 2.45) is 0 Å². The van der Waals surface area contributed by atoms with Gasteiger partial charge in [0.2, 0.25) is 5.78 Å². The van der Waals surface area contributed by atoms with Crippen LogP contribution in [0.25, 0.3) is 0 Å². The molecule has 3 rings (SSSR count).